The topological polar surface area (TPSA) is 43.8 Å². The highest BCUT2D eigenvalue weighted by Gasteiger charge is 2.41. The Kier molecular flexibility index (Phi) is 3.90. The molecule has 0 aliphatic carbocycles. The maximum atomic E-state index is 12.8. The van der Waals surface area contributed by atoms with Gasteiger partial charge >= 0.3 is 12.3 Å². The van der Waals surface area contributed by atoms with E-state index in [1.54, 1.807) is 6.92 Å². The summed E-state index contributed by atoms with van der Waals surface area (Å²) >= 11 is 0. The highest BCUT2D eigenvalue weighted by Crippen LogP contribution is 2.26. The van der Waals surface area contributed by atoms with Crippen molar-refractivity contribution >= 4 is 0 Å². The summed E-state index contributed by atoms with van der Waals surface area (Å²) in [4.78, 5) is 3.64. The Hall–Kier alpha value is -1.11. The van der Waals surface area contributed by atoms with Crippen LogP contribution in [-0.4, -0.2) is 21.9 Å². The Morgan fingerprint density at radius 2 is 2.12 bits per heavy atom. The van der Waals surface area contributed by atoms with Crippen LogP contribution in [0.15, 0.2) is 12.5 Å². The minimum atomic E-state index is -4.07. The fourth-order valence-corrected chi connectivity index (χ4v) is 1.28. The van der Waals surface area contributed by atoms with Gasteiger partial charge in [-0.05, 0) is 6.42 Å². The Labute approximate surface area is 90.3 Å². The first-order valence-electron chi connectivity index (χ1n) is 4.80. The first kappa shape index (κ1) is 13.0. The van der Waals surface area contributed by atoms with Crippen molar-refractivity contribution in [2.75, 3.05) is 0 Å². The van der Waals surface area contributed by atoms with Crippen molar-refractivity contribution in [3.8, 4) is 0 Å². The average Bonchev–Trinajstić information content (AvgIpc) is 2.63. The van der Waals surface area contributed by atoms with Crippen molar-refractivity contribution in [1.29, 1.82) is 0 Å². The predicted octanol–water partition coefficient (Wildman–Crippen LogP) is 2.19. The summed E-state index contributed by atoms with van der Waals surface area (Å²) in [6.45, 7) is 0.668. The molecule has 0 spiro atoms. The fraction of sp³-hybridized carbons (Fsp3) is 0.667. The molecule has 0 amide bonds. The van der Waals surface area contributed by atoms with E-state index in [0.717, 1.165) is 10.9 Å². The molecule has 0 aliphatic rings. The van der Waals surface area contributed by atoms with E-state index >= 15 is 0 Å². The van der Waals surface area contributed by atoms with Crippen LogP contribution in [0.4, 0.5) is 17.6 Å². The van der Waals surface area contributed by atoms with Gasteiger partial charge in [-0.15, -0.1) is 0 Å². The Morgan fingerprint density at radius 3 is 2.62 bits per heavy atom. The van der Waals surface area contributed by atoms with Gasteiger partial charge in [0, 0.05) is 12.2 Å². The summed E-state index contributed by atoms with van der Waals surface area (Å²) in [5.74, 6) is -4.07. The summed E-state index contributed by atoms with van der Waals surface area (Å²) in [7, 11) is 0. The average molecular weight is 239 g/mol. The van der Waals surface area contributed by atoms with E-state index in [-0.39, 0.29) is 0 Å². The molecular weight excluding hydrogens is 226 g/mol. The van der Waals surface area contributed by atoms with Crippen LogP contribution >= 0.6 is 0 Å². The van der Waals surface area contributed by atoms with Gasteiger partial charge in [-0.2, -0.15) is 8.78 Å². The van der Waals surface area contributed by atoms with Crippen molar-refractivity contribution in [2.45, 2.75) is 38.3 Å². The molecule has 0 radical (unpaired) electrons. The van der Waals surface area contributed by atoms with Crippen molar-refractivity contribution in [3.63, 3.8) is 0 Å². The third-order valence-corrected chi connectivity index (χ3v) is 2.26. The molecule has 0 unspecified atom stereocenters. The molecule has 1 aromatic rings. The molecular formula is C9H13F4N3. The van der Waals surface area contributed by atoms with Crippen LogP contribution in [0.5, 0.6) is 0 Å². The molecule has 1 heterocycles. The molecule has 1 atom stereocenters. The second-order valence-corrected chi connectivity index (χ2v) is 3.52. The van der Waals surface area contributed by atoms with Gasteiger partial charge in [0.25, 0.3) is 0 Å². The Balaban J connectivity index is 2.86. The molecule has 0 aromatic carbocycles. The molecule has 0 bridgehead atoms. The standard InChI is InChI=1S/C9H13F4N3/c1-2-6(14)7-3-15-5-16(7)4-9(12,13)8(10)11/h3,5-6,8H,2,4,14H2,1H3/t6-/m1/s1. The highest BCUT2D eigenvalue weighted by molar-refractivity contribution is 5.04. The molecule has 2 N–H and O–H groups in total. The summed E-state index contributed by atoms with van der Waals surface area (Å²) in [5.41, 5.74) is 5.98. The number of hydrogen-bond donors (Lipinski definition) is 1. The minimum absolute atomic E-state index is 0.336. The van der Waals surface area contributed by atoms with E-state index in [4.69, 9.17) is 5.73 Å². The Bertz CT molecular complexity index is 337. The first-order chi connectivity index (χ1) is 7.38. The second kappa shape index (κ2) is 4.82. The molecule has 1 rings (SSSR count). The van der Waals surface area contributed by atoms with Crippen LogP contribution in [0.1, 0.15) is 25.1 Å². The molecule has 0 saturated carbocycles. The van der Waals surface area contributed by atoms with Crippen LogP contribution in [0.3, 0.4) is 0 Å². The van der Waals surface area contributed by atoms with Crippen LogP contribution < -0.4 is 5.73 Å². The smallest absolute Gasteiger partial charge is 0.324 e. The molecule has 0 aliphatic heterocycles. The number of nitrogens with two attached hydrogens (primary N) is 1. The van der Waals surface area contributed by atoms with E-state index in [2.05, 4.69) is 4.98 Å². The summed E-state index contributed by atoms with van der Waals surface area (Å²) in [6, 6.07) is -0.476. The molecule has 16 heavy (non-hydrogen) atoms. The number of alkyl halides is 4. The van der Waals surface area contributed by atoms with Gasteiger partial charge in [0.15, 0.2) is 0 Å². The number of imidazole rings is 1. The van der Waals surface area contributed by atoms with Crippen molar-refractivity contribution in [3.05, 3.63) is 18.2 Å². The lowest BCUT2D eigenvalue weighted by Gasteiger charge is -2.19. The molecule has 7 heteroatoms. The maximum Gasteiger partial charge on any atom is 0.324 e. The number of aromatic nitrogens is 2. The first-order valence-corrected chi connectivity index (χ1v) is 4.80. The van der Waals surface area contributed by atoms with Crippen molar-refractivity contribution in [1.82, 2.24) is 9.55 Å². The van der Waals surface area contributed by atoms with Crippen LogP contribution in [-0.2, 0) is 6.54 Å². The van der Waals surface area contributed by atoms with Gasteiger partial charge in [0.2, 0.25) is 0 Å². The predicted molar refractivity (Wildman–Crippen MR) is 50.4 cm³/mol. The molecule has 92 valence electrons. The third-order valence-electron chi connectivity index (χ3n) is 2.26. The zero-order valence-electron chi connectivity index (χ0n) is 8.71. The number of rotatable bonds is 5. The van der Waals surface area contributed by atoms with Gasteiger partial charge in [-0.3, -0.25) is 0 Å². The van der Waals surface area contributed by atoms with Gasteiger partial charge in [0.05, 0.1) is 18.6 Å². The quantitative estimate of drug-likeness (QED) is 0.800. The fourth-order valence-electron chi connectivity index (χ4n) is 1.28. The molecule has 0 saturated heterocycles. The summed E-state index contributed by atoms with van der Waals surface area (Å²) < 4.78 is 50.6. The SMILES string of the molecule is CC[C@@H](N)c1cncn1CC(F)(F)C(F)F. The maximum absolute atomic E-state index is 12.8. The number of nitrogens with zero attached hydrogens (tertiary/aromatic N) is 2. The van der Waals surface area contributed by atoms with Gasteiger partial charge in [-0.1, -0.05) is 6.92 Å². The van der Waals surface area contributed by atoms with Crippen LogP contribution in [0.2, 0.25) is 0 Å². The Morgan fingerprint density at radius 1 is 1.50 bits per heavy atom. The van der Waals surface area contributed by atoms with Crippen molar-refractivity contribution in [2.24, 2.45) is 5.73 Å². The summed E-state index contributed by atoms with van der Waals surface area (Å²) in [6.07, 6.45) is -0.774. The lowest BCUT2D eigenvalue weighted by atomic mass is 10.2. The van der Waals surface area contributed by atoms with Crippen LogP contribution in [0, 0.1) is 0 Å². The van der Waals surface area contributed by atoms with E-state index < -0.39 is 24.9 Å². The van der Waals surface area contributed by atoms with E-state index in [0.29, 0.717) is 12.1 Å². The largest absolute Gasteiger partial charge is 0.327 e. The zero-order chi connectivity index (χ0) is 12.3. The van der Waals surface area contributed by atoms with Gasteiger partial charge < -0.3 is 10.3 Å². The summed E-state index contributed by atoms with van der Waals surface area (Å²) in [5, 5.41) is 0. The third kappa shape index (κ3) is 2.72. The normalized spacial score (nSPS) is 14.4. The van der Waals surface area contributed by atoms with Gasteiger partial charge in [-0.25, -0.2) is 13.8 Å². The van der Waals surface area contributed by atoms with E-state index in [9.17, 15) is 17.6 Å². The molecule has 0 fully saturated rings. The number of hydrogen-bond acceptors (Lipinski definition) is 2. The van der Waals surface area contributed by atoms with Crippen molar-refractivity contribution < 1.29 is 17.6 Å². The lowest BCUT2D eigenvalue weighted by Crippen LogP contribution is -2.33. The minimum Gasteiger partial charge on any atom is -0.327 e. The molecule has 1 aromatic heterocycles. The highest BCUT2D eigenvalue weighted by atomic mass is 19.3. The van der Waals surface area contributed by atoms with Crippen LogP contribution in [0.25, 0.3) is 0 Å². The van der Waals surface area contributed by atoms with E-state index in [1.165, 1.54) is 6.20 Å². The zero-order valence-corrected chi connectivity index (χ0v) is 8.71. The van der Waals surface area contributed by atoms with E-state index in [1.807, 2.05) is 0 Å². The molecule has 3 nitrogen and oxygen atoms in total. The lowest BCUT2D eigenvalue weighted by molar-refractivity contribution is -0.138. The number of halogens is 4. The monoisotopic (exact) mass is 239 g/mol. The second-order valence-electron chi connectivity index (χ2n) is 3.52. The van der Waals surface area contributed by atoms with Gasteiger partial charge in [0.1, 0.15) is 0 Å².